The normalized spacial score (nSPS) is 8.71. The monoisotopic (exact) mass is 98.0 g/mol. The van der Waals surface area contributed by atoms with Gasteiger partial charge in [-0.05, 0) is 5.21 Å². The van der Waals surface area contributed by atoms with Crippen LogP contribution in [0.4, 0.5) is 4.39 Å². The van der Waals surface area contributed by atoms with Crippen LogP contribution in [0.25, 0.3) is 0 Å². The summed E-state index contributed by atoms with van der Waals surface area (Å²) in [5, 5.41) is 8.99. The Morgan fingerprint density at radius 2 is 2.57 bits per heavy atom. The number of hydrogen-bond acceptors (Lipinski definition) is 3. The molecule has 0 saturated carbocycles. The van der Waals surface area contributed by atoms with Crippen molar-refractivity contribution in [2.24, 2.45) is 0 Å². The number of hydrogen-bond donors (Lipinski definition) is 0. The van der Waals surface area contributed by atoms with Gasteiger partial charge in [0, 0.05) is 6.07 Å². The van der Waals surface area contributed by atoms with Crippen LogP contribution in [0.5, 0.6) is 0 Å². The molecule has 0 aliphatic rings. The van der Waals surface area contributed by atoms with E-state index in [1.807, 2.05) is 0 Å². The van der Waals surface area contributed by atoms with Crippen LogP contribution in [0, 0.1) is 12.1 Å². The third-order valence-corrected chi connectivity index (χ3v) is 0.426. The van der Waals surface area contributed by atoms with Gasteiger partial charge in [-0.25, -0.2) is 0 Å². The zero-order valence-electron chi connectivity index (χ0n) is 3.30. The summed E-state index contributed by atoms with van der Waals surface area (Å²) < 4.78 is 11.7. The van der Waals surface area contributed by atoms with Crippen molar-refractivity contribution >= 4 is 0 Å². The van der Waals surface area contributed by atoms with Crippen molar-refractivity contribution in [1.82, 2.24) is 15.4 Å². The molecule has 0 aliphatic carbocycles. The molecule has 0 fully saturated rings. The molecule has 0 atom stereocenters. The van der Waals surface area contributed by atoms with E-state index in [2.05, 4.69) is 21.6 Å². The molecule has 3 nitrogen and oxygen atoms in total. The van der Waals surface area contributed by atoms with E-state index in [0.29, 0.717) is 0 Å². The second kappa shape index (κ2) is 1.59. The van der Waals surface area contributed by atoms with Crippen LogP contribution in [-0.4, -0.2) is 15.4 Å². The molecule has 1 aromatic heterocycles. The maximum Gasteiger partial charge on any atom is 0.237 e. The average Bonchev–Trinajstić information content (AvgIpc) is 1.69. The lowest BCUT2D eigenvalue weighted by Crippen LogP contribution is -1.87. The molecule has 0 bridgehead atoms. The summed E-state index contributed by atoms with van der Waals surface area (Å²) in [7, 11) is 0. The Labute approximate surface area is 39.2 Å². The van der Waals surface area contributed by atoms with Gasteiger partial charge < -0.3 is 0 Å². The minimum Gasteiger partial charge on any atom is -0.183 e. The highest BCUT2D eigenvalue weighted by atomic mass is 19.1. The maximum absolute atomic E-state index is 11.7. The van der Waals surface area contributed by atoms with Gasteiger partial charge in [-0.15, -0.1) is 5.10 Å². The summed E-state index contributed by atoms with van der Waals surface area (Å²) in [6.45, 7) is 0. The Bertz CT molecular complexity index is 140. The van der Waals surface area contributed by atoms with Crippen molar-refractivity contribution < 1.29 is 4.39 Å². The predicted octanol–water partition coefficient (Wildman–Crippen LogP) is -0.189. The number of aromatic nitrogens is 3. The summed E-state index contributed by atoms with van der Waals surface area (Å²) in [4.78, 5) is 0. The molecule has 4 heteroatoms. The van der Waals surface area contributed by atoms with Crippen molar-refractivity contribution in [3.63, 3.8) is 0 Å². The standard InChI is InChI=1S/C3HFN3/c4-3-1-2-5-7-6-3/h1H. The molecule has 0 unspecified atom stereocenters. The molecule has 0 aliphatic heterocycles. The lowest BCUT2D eigenvalue weighted by Gasteiger charge is -1.74. The van der Waals surface area contributed by atoms with E-state index in [4.69, 9.17) is 0 Å². The van der Waals surface area contributed by atoms with E-state index in [0.717, 1.165) is 6.07 Å². The Balaban J connectivity index is 3.02. The zero-order chi connectivity index (χ0) is 5.11. The summed E-state index contributed by atoms with van der Waals surface area (Å²) in [5.74, 6) is -0.657. The van der Waals surface area contributed by atoms with E-state index in [9.17, 15) is 4.39 Å². The topological polar surface area (TPSA) is 38.7 Å². The third-order valence-electron chi connectivity index (χ3n) is 0.426. The van der Waals surface area contributed by atoms with Gasteiger partial charge in [-0.3, -0.25) is 0 Å². The summed E-state index contributed by atoms with van der Waals surface area (Å²) in [6.07, 6.45) is 2.16. The van der Waals surface area contributed by atoms with Gasteiger partial charge >= 0.3 is 0 Å². The number of rotatable bonds is 0. The lowest BCUT2D eigenvalue weighted by atomic mass is 10.7. The fourth-order valence-corrected chi connectivity index (χ4v) is 0.202. The number of nitrogens with zero attached hydrogens (tertiary/aromatic N) is 3. The maximum atomic E-state index is 11.7. The fourth-order valence-electron chi connectivity index (χ4n) is 0.202. The van der Waals surface area contributed by atoms with Crippen molar-refractivity contribution in [2.75, 3.05) is 0 Å². The van der Waals surface area contributed by atoms with Crippen molar-refractivity contribution in [3.8, 4) is 0 Å². The number of halogens is 1. The fraction of sp³-hybridized carbons (Fsp3) is 0. The molecule has 35 valence electrons. The van der Waals surface area contributed by atoms with Gasteiger partial charge in [-0.2, -0.15) is 4.39 Å². The molecular formula is C3HFN3. The molecule has 1 heterocycles. The molecule has 0 amide bonds. The van der Waals surface area contributed by atoms with Crippen LogP contribution in [0.2, 0.25) is 0 Å². The molecule has 1 aromatic rings. The highest BCUT2D eigenvalue weighted by Crippen LogP contribution is 1.79. The van der Waals surface area contributed by atoms with Gasteiger partial charge in [-0.1, -0.05) is 5.10 Å². The Morgan fingerprint density at radius 1 is 1.71 bits per heavy atom. The summed E-state index contributed by atoms with van der Waals surface area (Å²) in [6, 6.07) is 1.01. The molecule has 7 heavy (non-hydrogen) atoms. The van der Waals surface area contributed by atoms with E-state index in [1.54, 1.807) is 0 Å². The van der Waals surface area contributed by atoms with E-state index >= 15 is 0 Å². The van der Waals surface area contributed by atoms with Crippen LogP contribution in [0.3, 0.4) is 0 Å². The molecule has 1 radical (unpaired) electrons. The quantitative estimate of drug-likeness (QED) is 0.451. The van der Waals surface area contributed by atoms with Crippen LogP contribution in [0.1, 0.15) is 0 Å². The minimum absolute atomic E-state index is 0.657. The third kappa shape index (κ3) is 0.887. The SMILES string of the molecule is Fc1c[c]nnn1. The van der Waals surface area contributed by atoms with Gasteiger partial charge in [0.2, 0.25) is 5.95 Å². The van der Waals surface area contributed by atoms with Gasteiger partial charge in [0.15, 0.2) is 0 Å². The molecule has 0 N–H and O–H groups in total. The lowest BCUT2D eigenvalue weighted by molar-refractivity contribution is 0.547. The van der Waals surface area contributed by atoms with E-state index < -0.39 is 5.95 Å². The van der Waals surface area contributed by atoms with E-state index in [-0.39, 0.29) is 0 Å². The van der Waals surface area contributed by atoms with Gasteiger partial charge in [0.25, 0.3) is 0 Å². The minimum atomic E-state index is -0.657. The predicted molar refractivity (Wildman–Crippen MR) is 18.6 cm³/mol. The van der Waals surface area contributed by atoms with Crippen molar-refractivity contribution in [1.29, 1.82) is 0 Å². The van der Waals surface area contributed by atoms with Gasteiger partial charge in [0.05, 0.1) is 0 Å². The zero-order valence-corrected chi connectivity index (χ0v) is 3.30. The highest BCUT2D eigenvalue weighted by Gasteiger charge is 1.82. The van der Waals surface area contributed by atoms with Crippen LogP contribution >= 0.6 is 0 Å². The van der Waals surface area contributed by atoms with Crippen molar-refractivity contribution in [2.45, 2.75) is 0 Å². The molecule has 1 rings (SSSR count). The second-order valence-electron chi connectivity index (χ2n) is 0.886. The first kappa shape index (κ1) is 4.11. The largest absolute Gasteiger partial charge is 0.237 e. The van der Waals surface area contributed by atoms with Crippen LogP contribution in [0.15, 0.2) is 6.07 Å². The molecule has 0 saturated heterocycles. The Kier molecular flexibility index (Phi) is 0.934. The summed E-state index contributed by atoms with van der Waals surface area (Å²) in [5.41, 5.74) is 0. The second-order valence-corrected chi connectivity index (χ2v) is 0.886. The van der Waals surface area contributed by atoms with Crippen LogP contribution in [-0.2, 0) is 0 Å². The van der Waals surface area contributed by atoms with Gasteiger partial charge in [0.1, 0.15) is 6.20 Å². The molecule has 0 spiro atoms. The first-order valence-corrected chi connectivity index (χ1v) is 1.61. The van der Waals surface area contributed by atoms with E-state index in [1.165, 1.54) is 0 Å². The average molecular weight is 98.1 g/mol. The Morgan fingerprint density at radius 3 is 2.86 bits per heavy atom. The summed E-state index contributed by atoms with van der Waals surface area (Å²) >= 11 is 0. The van der Waals surface area contributed by atoms with Crippen LogP contribution < -0.4 is 0 Å². The highest BCUT2D eigenvalue weighted by molar-refractivity contribution is 4.72. The first-order chi connectivity index (χ1) is 3.39. The van der Waals surface area contributed by atoms with Crippen molar-refractivity contribution in [3.05, 3.63) is 18.2 Å². The smallest absolute Gasteiger partial charge is 0.183 e. The Hall–Kier alpha value is -1.06. The first-order valence-electron chi connectivity index (χ1n) is 1.61. The molecular weight excluding hydrogens is 97.1 g/mol. The molecule has 0 aromatic carbocycles.